The molecule has 8 heteroatoms. The first-order valence-corrected chi connectivity index (χ1v) is 9.63. The predicted molar refractivity (Wildman–Crippen MR) is 118 cm³/mol. The number of amides is 1. The molecule has 4 rings (SSSR count). The van der Waals surface area contributed by atoms with Gasteiger partial charge < -0.3 is 14.5 Å². The summed E-state index contributed by atoms with van der Waals surface area (Å²) in [6, 6.07) is 14.0. The minimum atomic E-state index is -0.313. The zero-order valence-corrected chi connectivity index (χ0v) is 17.2. The molecule has 0 saturated carbocycles. The highest BCUT2D eigenvalue weighted by atomic mass is 35.5. The number of nitrogens with one attached hydrogen (secondary N) is 1. The number of hydrogen-bond acceptors (Lipinski definition) is 5. The summed E-state index contributed by atoms with van der Waals surface area (Å²) < 4.78 is 11.0. The molecule has 4 aromatic rings. The van der Waals surface area contributed by atoms with Gasteiger partial charge in [-0.15, -0.1) is 0 Å². The summed E-state index contributed by atoms with van der Waals surface area (Å²) >= 11 is 12.1. The van der Waals surface area contributed by atoms with Crippen LogP contribution in [0, 0.1) is 0 Å². The molecule has 2 aromatic carbocycles. The first-order chi connectivity index (χ1) is 14.5. The van der Waals surface area contributed by atoms with Crippen LogP contribution in [-0.2, 0) is 4.79 Å². The number of carbonyl (C=O) groups is 1. The van der Waals surface area contributed by atoms with E-state index in [1.807, 2.05) is 18.2 Å². The Morgan fingerprint density at radius 2 is 1.97 bits per heavy atom. The van der Waals surface area contributed by atoms with Crippen LogP contribution in [0.15, 0.2) is 65.2 Å². The summed E-state index contributed by atoms with van der Waals surface area (Å²) in [6.07, 6.45) is 4.63. The number of oxazole rings is 1. The van der Waals surface area contributed by atoms with Crippen LogP contribution in [-0.4, -0.2) is 23.0 Å². The molecule has 30 heavy (non-hydrogen) atoms. The fraction of sp³-hybridized carbons (Fsp3) is 0.0455. The number of carbonyl (C=O) groups excluding carboxylic acids is 1. The molecule has 0 bridgehead atoms. The molecule has 0 aliphatic heterocycles. The molecule has 0 aliphatic carbocycles. The van der Waals surface area contributed by atoms with Gasteiger partial charge >= 0.3 is 0 Å². The fourth-order valence-corrected chi connectivity index (χ4v) is 3.44. The fourth-order valence-electron chi connectivity index (χ4n) is 2.86. The van der Waals surface area contributed by atoms with Crippen LogP contribution in [0.4, 0.5) is 5.69 Å². The maximum Gasteiger partial charge on any atom is 0.248 e. The Morgan fingerprint density at radius 3 is 2.70 bits per heavy atom. The predicted octanol–water partition coefficient (Wildman–Crippen LogP) is 5.86. The van der Waals surface area contributed by atoms with Crippen LogP contribution >= 0.6 is 23.2 Å². The van der Waals surface area contributed by atoms with E-state index >= 15 is 0 Å². The first-order valence-electron chi connectivity index (χ1n) is 8.87. The number of halogens is 2. The van der Waals surface area contributed by atoms with E-state index < -0.39 is 0 Å². The lowest BCUT2D eigenvalue weighted by Gasteiger charge is -2.08. The van der Waals surface area contributed by atoms with Crippen molar-refractivity contribution in [3.05, 3.63) is 76.4 Å². The zero-order chi connectivity index (χ0) is 21.1. The Morgan fingerprint density at radius 1 is 1.17 bits per heavy atom. The van der Waals surface area contributed by atoms with Crippen molar-refractivity contribution in [2.45, 2.75) is 0 Å². The Balaban J connectivity index is 1.47. The van der Waals surface area contributed by atoms with E-state index in [1.165, 1.54) is 13.2 Å². The van der Waals surface area contributed by atoms with Gasteiger partial charge in [0.1, 0.15) is 5.75 Å². The molecule has 2 aromatic heterocycles. The monoisotopic (exact) mass is 439 g/mol. The second-order valence-corrected chi connectivity index (χ2v) is 7.10. The van der Waals surface area contributed by atoms with Crippen LogP contribution in [0.3, 0.4) is 0 Å². The zero-order valence-electron chi connectivity index (χ0n) is 15.7. The van der Waals surface area contributed by atoms with Crippen LogP contribution in [0.2, 0.25) is 10.0 Å². The van der Waals surface area contributed by atoms with Crippen LogP contribution in [0.25, 0.3) is 28.8 Å². The Hall–Kier alpha value is -3.35. The number of methoxy groups -OCH3 is 1. The smallest absolute Gasteiger partial charge is 0.248 e. The van der Waals surface area contributed by atoms with Crippen molar-refractivity contribution >= 4 is 52.1 Å². The molecular weight excluding hydrogens is 425 g/mol. The molecule has 0 aliphatic rings. The highest BCUT2D eigenvalue weighted by molar-refractivity contribution is 6.36. The second kappa shape index (κ2) is 8.57. The summed E-state index contributed by atoms with van der Waals surface area (Å²) in [7, 11) is 1.50. The average molecular weight is 440 g/mol. The van der Waals surface area contributed by atoms with Crippen molar-refractivity contribution in [2.75, 3.05) is 12.4 Å². The van der Waals surface area contributed by atoms with Crippen molar-refractivity contribution in [3.63, 3.8) is 0 Å². The molecular formula is C22H15Cl2N3O3. The number of anilines is 1. The lowest BCUT2D eigenvalue weighted by molar-refractivity contribution is -0.111. The van der Waals surface area contributed by atoms with Gasteiger partial charge in [-0.3, -0.25) is 4.79 Å². The van der Waals surface area contributed by atoms with Gasteiger partial charge in [0.25, 0.3) is 0 Å². The molecule has 0 radical (unpaired) electrons. The summed E-state index contributed by atoms with van der Waals surface area (Å²) in [4.78, 5) is 20.8. The van der Waals surface area contributed by atoms with Crippen LogP contribution < -0.4 is 10.1 Å². The third kappa shape index (κ3) is 4.30. The molecule has 1 amide bonds. The molecule has 0 saturated heterocycles. The number of ether oxygens (including phenoxy) is 1. The van der Waals surface area contributed by atoms with E-state index in [0.717, 1.165) is 5.56 Å². The quantitative estimate of drug-likeness (QED) is 0.394. The van der Waals surface area contributed by atoms with Gasteiger partial charge in [-0.1, -0.05) is 23.2 Å². The molecule has 0 spiro atoms. The minimum absolute atomic E-state index is 0.313. The lowest BCUT2D eigenvalue weighted by Crippen LogP contribution is -2.07. The molecule has 6 nitrogen and oxygen atoms in total. The largest absolute Gasteiger partial charge is 0.495 e. The average Bonchev–Trinajstić information content (AvgIpc) is 3.17. The Labute approximate surface area is 182 Å². The molecule has 0 unspecified atom stereocenters. The molecule has 0 fully saturated rings. The minimum Gasteiger partial charge on any atom is -0.495 e. The van der Waals surface area contributed by atoms with Gasteiger partial charge in [0.05, 0.1) is 12.1 Å². The summed E-state index contributed by atoms with van der Waals surface area (Å²) in [5.41, 5.74) is 3.17. The Bertz CT molecular complexity index is 1220. The van der Waals surface area contributed by atoms with Crippen molar-refractivity contribution in [3.8, 4) is 17.2 Å². The van der Waals surface area contributed by atoms with Gasteiger partial charge in [-0.25, -0.2) is 4.98 Å². The van der Waals surface area contributed by atoms with E-state index in [0.29, 0.717) is 44.2 Å². The van der Waals surface area contributed by atoms with Crippen molar-refractivity contribution in [1.29, 1.82) is 0 Å². The standard InChI is InChI=1S/C22H15Cl2N3O3/c1-29-20-14(11-15(23)12-17(20)24)6-9-19(28)26-16-7-4-13(5-8-16)22-27-21-18(30-22)3-2-10-25-21/h2-12H,1H3,(H,26,28)/b9-6+. The third-order valence-corrected chi connectivity index (χ3v) is 4.72. The molecule has 1 N–H and O–H groups in total. The number of rotatable bonds is 5. The lowest BCUT2D eigenvalue weighted by atomic mass is 10.1. The highest BCUT2D eigenvalue weighted by Crippen LogP contribution is 2.33. The summed E-state index contributed by atoms with van der Waals surface area (Å²) in [6.45, 7) is 0. The van der Waals surface area contributed by atoms with E-state index in [4.69, 9.17) is 32.4 Å². The number of hydrogen-bond donors (Lipinski definition) is 1. The summed E-state index contributed by atoms with van der Waals surface area (Å²) in [5, 5.41) is 3.61. The van der Waals surface area contributed by atoms with E-state index in [1.54, 1.807) is 42.6 Å². The summed E-state index contributed by atoms with van der Waals surface area (Å²) in [5.74, 6) is 0.598. The van der Waals surface area contributed by atoms with E-state index in [9.17, 15) is 4.79 Å². The molecule has 0 atom stereocenters. The maximum atomic E-state index is 12.3. The topological polar surface area (TPSA) is 77.2 Å². The van der Waals surface area contributed by atoms with Crippen LogP contribution in [0.1, 0.15) is 5.56 Å². The first kappa shape index (κ1) is 19.9. The van der Waals surface area contributed by atoms with Gasteiger partial charge in [0.15, 0.2) is 11.2 Å². The van der Waals surface area contributed by atoms with Gasteiger partial charge in [0.2, 0.25) is 11.8 Å². The number of fused-ring (bicyclic) bond motifs is 1. The maximum absolute atomic E-state index is 12.3. The van der Waals surface area contributed by atoms with Gasteiger partial charge in [-0.05, 0) is 54.6 Å². The molecule has 2 heterocycles. The van der Waals surface area contributed by atoms with Gasteiger partial charge in [-0.2, -0.15) is 4.98 Å². The third-order valence-electron chi connectivity index (χ3n) is 4.22. The van der Waals surface area contributed by atoms with E-state index in [-0.39, 0.29) is 5.91 Å². The highest BCUT2D eigenvalue weighted by Gasteiger charge is 2.10. The normalized spacial score (nSPS) is 11.2. The number of nitrogens with zero attached hydrogens (tertiary/aromatic N) is 2. The Kier molecular flexibility index (Phi) is 5.70. The number of aromatic nitrogens is 2. The number of pyridine rings is 1. The van der Waals surface area contributed by atoms with Crippen LogP contribution in [0.5, 0.6) is 5.75 Å². The van der Waals surface area contributed by atoms with E-state index in [2.05, 4.69) is 15.3 Å². The van der Waals surface area contributed by atoms with Crippen molar-refractivity contribution < 1.29 is 13.9 Å². The van der Waals surface area contributed by atoms with Gasteiger partial charge in [0, 0.05) is 34.1 Å². The molecule has 150 valence electrons. The SMILES string of the molecule is COc1c(Cl)cc(Cl)cc1/C=C/C(=O)Nc1ccc(-c2nc3ncccc3o2)cc1. The van der Waals surface area contributed by atoms with Crippen molar-refractivity contribution in [1.82, 2.24) is 9.97 Å². The number of benzene rings is 2. The van der Waals surface area contributed by atoms with Crippen molar-refractivity contribution in [2.24, 2.45) is 0 Å². The second-order valence-electron chi connectivity index (χ2n) is 6.25.